The zero-order chi connectivity index (χ0) is 32.2. The Balaban J connectivity index is 0.00000180. The van der Waals surface area contributed by atoms with E-state index in [9.17, 15) is 23.0 Å². The van der Waals surface area contributed by atoms with E-state index in [0.717, 1.165) is 37.2 Å². The smallest absolute Gasteiger partial charge is 0.211 e. The topological polar surface area (TPSA) is 74.6 Å². The molecule has 0 saturated heterocycles. The number of allylic oxidation sites excluding steroid dienone is 6. The Hall–Kier alpha value is -1.50. The van der Waals surface area contributed by atoms with E-state index in [0.29, 0.717) is 37.2 Å². The highest BCUT2D eigenvalue weighted by Gasteiger charge is 2.44. The first-order valence-corrected chi connectivity index (χ1v) is 17.2. The average molecular weight is 597 g/mol. The quantitative estimate of drug-likeness (QED) is 0.310. The molecule has 0 radical (unpaired) electrons. The third kappa shape index (κ3) is 10.9. The summed E-state index contributed by atoms with van der Waals surface area (Å²) in [5.41, 5.74) is 4.25. The Kier molecular flexibility index (Phi) is 16.9. The van der Waals surface area contributed by atoms with E-state index in [1.807, 2.05) is 33.8 Å². The van der Waals surface area contributed by atoms with Crippen molar-refractivity contribution < 1.29 is 23.0 Å². The van der Waals surface area contributed by atoms with Gasteiger partial charge in [-0.3, -0.25) is 0 Å². The highest BCUT2D eigenvalue weighted by atomic mass is 32.2. The molecule has 6 heteroatoms. The molecule has 4 nitrogen and oxygen atoms in total. The average Bonchev–Trinajstić information content (AvgIpc) is 3.23. The maximum absolute atomic E-state index is 14.4. The van der Waals surface area contributed by atoms with Crippen LogP contribution in [0.3, 0.4) is 0 Å². The third-order valence-electron chi connectivity index (χ3n) is 7.76. The molecule has 3 aliphatic carbocycles. The molecule has 0 aromatic heterocycles. The lowest BCUT2D eigenvalue weighted by molar-refractivity contribution is 0.0862. The summed E-state index contributed by atoms with van der Waals surface area (Å²) in [4.78, 5) is 0. The minimum Gasteiger partial charge on any atom is -0.393 e. The molecule has 3 rings (SSSR count). The molecule has 41 heavy (non-hydrogen) atoms. The van der Waals surface area contributed by atoms with Crippen LogP contribution in [-0.2, 0) is 9.84 Å². The van der Waals surface area contributed by atoms with Crippen LogP contribution in [0.25, 0.3) is 0 Å². The van der Waals surface area contributed by atoms with E-state index in [4.69, 9.17) is 0 Å². The van der Waals surface area contributed by atoms with Gasteiger partial charge in [0.25, 0.3) is 0 Å². The van der Waals surface area contributed by atoms with Crippen molar-refractivity contribution in [1.29, 1.82) is 0 Å². The van der Waals surface area contributed by atoms with Gasteiger partial charge >= 0.3 is 0 Å². The van der Waals surface area contributed by atoms with Crippen LogP contribution in [0.4, 0.5) is 4.39 Å². The van der Waals surface area contributed by atoms with Crippen LogP contribution in [0.2, 0.25) is 0 Å². The van der Waals surface area contributed by atoms with Crippen molar-refractivity contribution in [3.8, 4) is 0 Å². The minimum absolute atomic E-state index is 0.00158. The first-order valence-electron chi connectivity index (χ1n) is 15.8. The number of hydrogen-bond acceptors (Lipinski definition) is 4. The number of aliphatic hydroxyl groups excluding tert-OH is 2. The summed E-state index contributed by atoms with van der Waals surface area (Å²) in [5, 5.41) is 19.1. The fourth-order valence-corrected chi connectivity index (χ4v) is 6.42. The van der Waals surface area contributed by atoms with E-state index in [-0.39, 0.29) is 5.41 Å². The largest absolute Gasteiger partial charge is 0.393 e. The second-order valence-electron chi connectivity index (χ2n) is 12.8. The molecule has 0 heterocycles. The van der Waals surface area contributed by atoms with Crippen LogP contribution in [0.1, 0.15) is 128 Å². The molecule has 0 spiro atoms. The lowest BCUT2D eigenvalue weighted by Gasteiger charge is -2.41. The monoisotopic (exact) mass is 596 g/mol. The van der Waals surface area contributed by atoms with Gasteiger partial charge in [-0.1, -0.05) is 91.3 Å². The Morgan fingerprint density at radius 3 is 2.24 bits per heavy atom. The van der Waals surface area contributed by atoms with Gasteiger partial charge in [0.1, 0.15) is 0 Å². The van der Waals surface area contributed by atoms with Crippen molar-refractivity contribution in [2.45, 2.75) is 144 Å². The van der Waals surface area contributed by atoms with Crippen LogP contribution in [0.15, 0.2) is 58.3 Å². The summed E-state index contributed by atoms with van der Waals surface area (Å²) in [6, 6.07) is 0. The fourth-order valence-electron chi connectivity index (χ4n) is 5.50. The van der Waals surface area contributed by atoms with Crippen LogP contribution in [-0.4, -0.2) is 35.6 Å². The Labute approximate surface area is 252 Å². The van der Waals surface area contributed by atoms with Gasteiger partial charge in [-0.2, -0.15) is 4.39 Å². The van der Waals surface area contributed by atoms with Gasteiger partial charge in [-0.25, -0.2) is 8.42 Å². The molecule has 0 bridgehead atoms. The van der Waals surface area contributed by atoms with Crippen LogP contribution in [0.5, 0.6) is 0 Å². The standard InChI is InChI=1S/C27H39FO4S.C4H10.2C2H6/c1-18-20(16-22(29)17-24(18)30)12-11-19-8-7-15-27(5)21(13-14-23(19)27)9-6-10-25(28)33(31,32)26(2,3)4;1-4(2)3;2*1-2/h10-13,22-24,29-30H,1,6-9,14-17H2,2-5H3;4H,1-3H3;2*1-2H3/b19-11+,20-12-,25-10+;;;/t22?,23-,24+,27?;;;/m0.../s1. The van der Waals surface area contributed by atoms with Gasteiger partial charge in [0.05, 0.1) is 17.0 Å². The first kappa shape index (κ1) is 39.5. The second-order valence-corrected chi connectivity index (χ2v) is 15.4. The van der Waals surface area contributed by atoms with Crippen LogP contribution >= 0.6 is 0 Å². The number of hydrogen-bond donors (Lipinski definition) is 2. The number of fused-ring (bicyclic) bond motifs is 1. The summed E-state index contributed by atoms with van der Waals surface area (Å²) in [6.45, 7) is 25.3. The summed E-state index contributed by atoms with van der Waals surface area (Å²) >= 11 is 0. The van der Waals surface area contributed by atoms with Crippen molar-refractivity contribution >= 4 is 9.84 Å². The number of halogens is 1. The fraction of sp³-hybridized carbons (Fsp3) is 0.714. The van der Waals surface area contributed by atoms with Crippen molar-refractivity contribution in [3.63, 3.8) is 0 Å². The highest BCUT2D eigenvalue weighted by Crippen LogP contribution is 2.55. The molecular weight excluding hydrogens is 535 g/mol. The molecule has 2 saturated carbocycles. The maximum atomic E-state index is 14.4. The van der Waals surface area contributed by atoms with Gasteiger partial charge in [0, 0.05) is 6.42 Å². The predicted molar refractivity (Wildman–Crippen MR) is 175 cm³/mol. The Bertz CT molecular complexity index is 1050. The Morgan fingerprint density at radius 1 is 1.15 bits per heavy atom. The molecule has 238 valence electrons. The second kappa shape index (κ2) is 17.6. The molecule has 4 atom stereocenters. The van der Waals surface area contributed by atoms with Gasteiger partial charge < -0.3 is 10.2 Å². The van der Waals surface area contributed by atoms with E-state index < -0.39 is 32.0 Å². The third-order valence-corrected chi connectivity index (χ3v) is 10.0. The zero-order valence-corrected chi connectivity index (χ0v) is 28.8. The summed E-state index contributed by atoms with van der Waals surface area (Å²) < 4.78 is 37.8. The lowest BCUT2D eigenvalue weighted by Crippen LogP contribution is -2.30. The lowest BCUT2D eigenvalue weighted by atomic mass is 9.63. The van der Waals surface area contributed by atoms with E-state index in [2.05, 4.69) is 46.4 Å². The van der Waals surface area contributed by atoms with Crippen molar-refractivity contribution in [3.05, 3.63) is 58.3 Å². The van der Waals surface area contributed by atoms with E-state index >= 15 is 0 Å². The molecule has 2 N–H and O–H groups in total. The summed E-state index contributed by atoms with van der Waals surface area (Å²) in [5.74, 6) is 1.21. The molecule has 0 aromatic carbocycles. The molecule has 0 amide bonds. The van der Waals surface area contributed by atoms with E-state index in [1.54, 1.807) is 0 Å². The van der Waals surface area contributed by atoms with E-state index in [1.165, 1.54) is 38.0 Å². The van der Waals surface area contributed by atoms with Crippen LogP contribution < -0.4 is 0 Å². The van der Waals surface area contributed by atoms with Crippen LogP contribution in [0, 0.1) is 17.3 Å². The highest BCUT2D eigenvalue weighted by molar-refractivity contribution is 7.96. The molecule has 3 aliphatic rings. The molecule has 2 unspecified atom stereocenters. The maximum Gasteiger partial charge on any atom is 0.211 e. The molecule has 2 fully saturated rings. The van der Waals surface area contributed by atoms with Crippen molar-refractivity contribution in [2.75, 3.05) is 0 Å². The minimum atomic E-state index is -3.93. The predicted octanol–water partition coefficient (Wildman–Crippen LogP) is 9.57. The van der Waals surface area contributed by atoms with Gasteiger partial charge in [-0.05, 0) is 100 Å². The molecular formula is C35H61FO4S. The summed E-state index contributed by atoms with van der Waals surface area (Å²) in [6.07, 6.45) is 12.4. The normalized spacial score (nSPS) is 28.6. The number of sulfone groups is 1. The zero-order valence-electron chi connectivity index (χ0n) is 28.0. The van der Waals surface area contributed by atoms with Crippen molar-refractivity contribution in [1.82, 2.24) is 0 Å². The number of rotatable bonds is 5. The van der Waals surface area contributed by atoms with Gasteiger partial charge in [0.15, 0.2) is 0 Å². The van der Waals surface area contributed by atoms with Gasteiger partial charge in [-0.15, -0.1) is 0 Å². The SMILES string of the molecule is C=C1/C(=C\C=C2/CCCC3(C)C(CC/C=C(\F)S(=O)(=O)C(C)(C)C)=CC[C@@H]23)CC(O)C[C@H]1O.CC.CC.CC(C)C. The van der Waals surface area contributed by atoms with Gasteiger partial charge in [0.2, 0.25) is 15.0 Å². The first-order chi connectivity index (χ1) is 19.0. The van der Waals surface area contributed by atoms with Crippen molar-refractivity contribution in [2.24, 2.45) is 17.3 Å². The number of aliphatic hydroxyl groups is 2. The summed E-state index contributed by atoms with van der Waals surface area (Å²) in [7, 11) is -3.93. The Morgan fingerprint density at radius 2 is 1.71 bits per heavy atom. The molecule has 0 aromatic rings. The molecule has 0 aliphatic heterocycles.